The van der Waals surface area contributed by atoms with Gasteiger partial charge < -0.3 is 15.5 Å². The third-order valence-corrected chi connectivity index (χ3v) is 4.90. The first kappa shape index (κ1) is 18.7. The predicted octanol–water partition coefficient (Wildman–Crippen LogP) is 2.75. The van der Waals surface area contributed by atoms with Gasteiger partial charge in [0.2, 0.25) is 5.91 Å². The van der Waals surface area contributed by atoms with Crippen LogP contribution in [0.25, 0.3) is 0 Å². The molecule has 0 atom stereocenters. The van der Waals surface area contributed by atoms with Crippen LogP contribution in [-0.2, 0) is 11.2 Å². The molecule has 1 aliphatic carbocycles. The minimum Gasteiger partial charge on any atom is -0.326 e. The highest BCUT2D eigenvalue weighted by Gasteiger charge is 2.30. The van der Waals surface area contributed by atoms with Crippen LogP contribution in [0.2, 0.25) is 0 Å². The van der Waals surface area contributed by atoms with Gasteiger partial charge in [-0.05, 0) is 49.1 Å². The highest BCUT2D eigenvalue weighted by atomic mass is 19.1. The molecule has 2 aromatic rings. The molecule has 8 nitrogen and oxygen atoms in total. The summed E-state index contributed by atoms with van der Waals surface area (Å²) in [6.07, 6.45) is 3.65. The molecule has 4 N–H and O–H groups in total. The molecule has 1 aliphatic heterocycles. The number of pyridine rings is 1. The topological polar surface area (TPSA) is 122 Å². The van der Waals surface area contributed by atoms with Crippen molar-refractivity contribution in [2.24, 2.45) is 0 Å². The van der Waals surface area contributed by atoms with Crippen LogP contribution in [0.4, 0.5) is 15.9 Å². The van der Waals surface area contributed by atoms with Gasteiger partial charge in [0.25, 0.3) is 5.91 Å². The van der Waals surface area contributed by atoms with Crippen LogP contribution in [0, 0.1) is 16.6 Å². The molecule has 0 saturated heterocycles. The highest BCUT2D eigenvalue weighted by molar-refractivity contribution is 6.06. The van der Waals surface area contributed by atoms with E-state index in [1.54, 1.807) is 18.2 Å². The lowest BCUT2D eigenvalue weighted by atomic mass is 10.00. The number of anilines is 2. The van der Waals surface area contributed by atoms with E-state index in [0.717, 1.165) is 19.2 Å². The summed E-state index contributed by atoms with van der Waals surface area (Å²) in [4.78, 5) is 29.9. The Kier molecular flexibility index (Phi) is 4.79. The van der Waals surface area contributed by atoms with Crippen LogP contribution in [-0.4, -0.2) is 39.9 Å². The van der Waals surface area contributed by atoms with Gasteiger partial charge in [-0.25, -0.2) is 9.37 Å². The zero-order chi connectivity index (χ0) is 20.5. The summed E-state index contributed by atoms with van der Waals surface area (Å²) in [5.74, 6) is -1.31. The normalized spacial score (nSPS) is 15.1. The lowest BCUT2D eigenvalue weighted by Gasteiger charge is -2.19. The third-order valence-electron chi connectivity index (χ3n) is 4.90. The molecule has 1 saturated carbocycles. The maximum absolute atomic E-state index is 14.4. The molecule has 0 unspecified atom stereocenters. The van der Waals surface area contributed by atoms with Crippen LogP contribution in [0.5, 0.6) is 0 Å². The maximum Gasteiger partial charge on any atom is 0.259 e. The molecule has 2 aliphatic rings. The minimum absolute atomic E-state index is 0.0706. The molecule has 4 rings (SSSR count). The van der Waals surface area contributed by atoms with E-state index in [-0.39, 0.29) is 35.6 Å². The quantitative estimate of drug-likeness (QED) is 0.460. The predicted molar refractivity (Wildman–Crippen MR) is 106 cm³/mol. The largest absolute Gasteiger partial charge is 0.326 e. The van der Waals surface area contributed by atoms with Crippen molar-refractivity contribution in [3.8, 4) is 0 Å². The summed E-state index contributed by atoms with van der Waals surface area (Å²) in [5.41, 5.74) is 1.19. The molecule has 0 bridgehead atoms. The number of hydrogen-bond acceptors (Lipinski definition) is 5. The zero-order valence-electron chi connectivity index (χ0n) is 15.5. The van der Waals surface area contributed by atoms with E-state index in [1.807, 2.05) is 0 Å². The van der Waals surface area contributed by atoms with E-state index < -0.39 is 11.7 Å². The van der Waals surface area contributed by atoms with Gasteiger partial charge in [0, 0.05) is 18.2 Å². The van der Waals surface area contributed by atoms with Crippen LogP contribution in [0.1, 0.15) is 40.9 Å². The Morgan fingerprint density at radius 1 is 1.31 bits per heavy atom. The number of carbonyl (C=O) groups excluding carboxylic acids is 2. The van der Waals surface area contributed by atoms with Gasteiger partial charge in [-0.2, -0.15) is 0 Å². The Balaban J connectivity index is 1.54. The van der Waals surface area contributed by atoms with E-state index in [4.69, 9.17) is 10.8 Å². The molecule has 0 radical (unpaired) electrons. The van der Waals surface area contributed by atoms with E-state index in [2.05, 4.69) is 15.6 Å². The summed E-state index contributed by atoms with van der Waals surface area (Å²) < 4.78 is 14.4. The molecule has 9 heteroatoms. The first-order valence-electron chi connectivity index (χ1n) is 9.25. The molecule has 0 spiro atoms. The number of aryl methyl sites for hydroxylation is 1. The number of hydrogen-bond donors (Lipinski definition) is 4. The summed E-state index contributed by atoms with van der Waals surface area (Å²) in [6.45, 7) is 0. The number of halogens is 1. The molecule has 1 aromatic carbocycles. The van der Waals surface area contributed by atoms with E-state index >= 15 is 0 Å². The lowest BCUT2D eigenvalue weighted by Crippen LogP contribution is -2.32. The molecular weight excluding hydrogens is 375 g/mol. The van der Waals surface area contributed by atoms with E-state index in [9.17, 15) is 14.0 Å². The number of carbonyl (C=O) groups is 2. The Hall–Kier alpha value is -3.62. The van der Waals surface area contributed by atoms with Gasteiger partial charge in [0.1, 0.15) is 17.3 Å². The Bertz CT molecular complexity index is 1030. The molecule has 2 heterocycles. The van der Waals surface area contributed by atoms with Crippen molar-refractivity contribution in [1.29, 1.82) is 10.8 Å². The van der Waals surface area contributed by atoms with E-state index in [0.29, 0.717) is 23.4 Å². The van der Waals surface area contributed by atoms with Crippen molar-refractivity contribution >= 4 is 35.5 Å². The summed E-state index contributed by atoms with van der Waals surface area (Å²) in [5, 5.41) is 20.9. The van der Waals surface area contributed by atoms with Crippen LogP contribution in [0.3, 0.4) is 0 Å². The van der Waals surface area contributed by atoms with Crippen molar-refractivity contribution < 1.29 is 14.0 Å². The number of rotatable bonds is 5. The SMILES string of the molecule is N=CN(C(=N)c1cccc(NC(=O)c2cc3c(cc2F)CCC(=O)N3)n1)C1CC1. The number of amides is 2. The summed E-state index contributed by atoms with van der Waals surface area (Å²) in [7, 11) is 0. The van der Waals surface area contributed by atoms with Gasteiger partial charge in [-0.15, -0.1) is 0 Å². The van der Waals surface area contributed by atoms with Gasteiger partial charge >= 0.3 is 0 Å². The zero-order valence-corrected chi connectivity index (χ0v) is 15.5. The fourth-order valence-corrected chi connectivity index (χ4v) is 3.23. The lowest BCUT2D eigenvalue weighted by molar-refractivity contribution is -0.116. The molecule has 29 heavy (non-hydrogen) atoms. The standard InChI is InChI=1S/C20H19FN6O2/c21-14-8-11-4-7-18(28)25-16(11)9-13(14)20(29)26-17-3-1-2-15(24-17)19(23)27(10-22)12-5-6-12/h1-3,8-10,12,22-23H,4-7H2,(H,25,28)(H,24,26,29). The molecular formula is C20H19FN6O2. The summed E-state index contributed by atoms with van der Waals surface area (Å²) in [6, 6.07) is 7.52. The second kappa shape index (κ2) is 7.42. The smallest absolute Gasteiger partial charge is 0.259 e. The third kappa shape index (κ3) is 3.84. The molecule has 148 valence electrons. The second-order valence-corrected chi connectivity index (χ2v) is 7.02. The monoisotopic (exact) mass is 394 g/mol. The average Bonchev–Trinajstić information content (AvgIpc) is 3.53. The first-order chi connectivity index (χ1) is 14.0. The summed E-state index contributed by atoms with van der Waals surface area (Å²) >= 11 is 0. The second-order valence-electron chi connectivity index (χ2n) is 7.02. The molecule has 1 aromatic heterocycles. The Morgan fingerprint density at radius 3 is 2.83 bits per heavy atom. The highest BCUT2D eigenvalue weighted by Crippen LogP contribution is 2.28. The van der Waals surface area contributed by atoms with E-state index in [1.165, 1.54) is 17.0 Å². The number of fused-ring (bicyclic) bond motifs is 1. The fraction of sp³-hybridized carbons (Fsp3) is 0.250. The van der Waals surface area contributed by atoms with Crippen LogP contribution >= 0.6 is 0 Å². The number of aromatic nitrogens is 1. The maximum atomic E-state index is 14.4. The van der Waals surface area contributed by atoms with Gasteiger partial charge in [0.05, 0.1) is 11.9 Å². The fourth-order valence-electron chi connectivity index (χ4n) is 3.23. The van der Waals surface area contributed by atoms with Crippen molar-refractivity contribution in [1.82, 2.24) is 9.88 Å². The number of amidine groups is 1. The van der Waals surface area contributed by atoms with Crippen LogP contribution < -0.4 is 10.6 Å². The van der Waals surface area contributed by atoms with Crippen molar-refractivity contribution in [3.63, 3.8) is 0 Å². The van der Waals surface area contributed by atoms with Gasteiger partial charge in [-0.1, -0.05) is 6.07 Å². The number of nitrogens with one attached hydrogen (secondary N) is 4. The number of benzene rings is 1. The average molecular weight is 394 g/mol. The van der Waals surface area contributed by atoms with Gasteiger partial charge in [-0.3, -0.25) is 20.4 Å². The Labute approximate surface area is 166 Å². The first-order valence-corrected chi connectivity index (χ1v) is 9.25. The van der Waals surface area contributed by atoms with Crippen molar-refractivity contribution in [2.75, 3.05) is 10.6 Å². The van der Waals surface area contributed by atoms with Crippen LogP contribution in [0.15, 0.2) is 30.3 Å². The Morgan fingerprint density at radius 2 is 2.10 bits per heavy atom. The number of nitrogens with zero attached hydrogens (tertiary/aromatic N) is 2. The minimum atomic E-state index is -0.701. The van der Waals surface area contributed by atoms with Crippen molar-refractivity contribution in [2.45, 2.75) is 31.7 Å². The molecule has 1 fully saturated rings. The molecule has 2 amide bonds. The van der Waals surface area contributed by atoms with Crippen molar-refractivity contribution in [3.05, 3.63) is 53.0 Å². The van der Waals surface area contributed by atoms with Gasteiger partial charge in [0.15, 0.2) is 5.84 Å².